The molecule has 0 atom stereocenters. The number of sulfonamides is 1. The van der Waals surface area contributed by atoms with E-state index in [-0.39, 0.29) is 29.9 Å². The van der Waals surface area contributed by atoms with Gasteiger partial charge in [0.05, 0.1) is 23.4 Å². The van der Waals surface area contributed by atoms with Crippen LogP contribution in [-0.2, 0) is 14.8 Å². The second-order valence-corrected chi connectivity index (χ2v) is 9.36. The number of amides is 1. The van der Waals surface area contributed by atoms with Crippen LogP contribution in [0, 0.1) is 0 Å². The Morgan fingerprint density at radius 1 is 1.35 bits per heavy atom. The fourth-order valence-electron chi connectivity index (χ4n) is 3.85. The molecule has 1 aliphatic carbocycles. The number of aromatic nitrogens is 1. The van der Waals surface area contributed by atoms with Crippen LogP contribution in [-0.4, -0.2) is 61.0 Å². The number of nitrogens with two attached hydrogens (primary N) is 1. The predicted octanol–water partition coefficient (Wildman–Crippen LogP) is 1.16. The van der Waals surface area contributed by atoms with Crippen LogP contribution in [0.15, 0.2) is 40.0 Å². The summed E-state index contributed by atoms with van der Waals surface area (Å²) in [5, 5.41) is 13.2. The Bertz CT molecular complexity index is 1100. The fourth-order valence-corrected chi connectivity index (χ4v) is 5.35. The molecule has 1 aromatic heterocycles. The largest absolute Gasteiger partial charge is 0.395 e. The van der Waals surface area contributed by atoms with Gasteiger partial charge in [0.1, 0.15) is 5.54 Å². The van der Waals surface area contributed by atoms with Gasteiger partial charge in [-0.15, -0.1) is 4.51 Å². The molecule has 31 heavy (non-hydrogen) atoms. The Balaban J connectivity index is 1.94. The molecule has 1 saturated carbocycles. The minimum Gasteiger partial charge on any atom is -0.395 e. The van der Waals surface area contributed by atoms with Gasteiger partial charge in [-0.2, -0.15) is 4.72 Å². The molecule has 1 heterocycles. The van der Waals surface area contributed by atoms with E-state index in [0.29, 0.717) is 29.3 Å². The van der Waals surface area contributed by atoms with Crippen LogP contribution in [0.5, 0.6) is 0 Å². The molecule has 3 rings (SSSR count). The number of rotatable bonds is 7. The number of benzene rings is 1. The van der Waals surface area contributed by atoms with Crippen molar-refractivity contribution >= 4 is 50.1 Å². The average molecular weight is 469 g/mol. The van der Waals surface area contributed by atoms with Crippen LogP contribution in [0.2, 0.25) is 0 Å². The van der Waals surface area contributed by atoms with Crippen molar-refractivity contribution in [3.63, 3.8) is 0 Å². The summed E-state index contributed by atoms with van der Waals surface area (Å²) >= 11 is 5.35. The monoisotopic (exact) mass is 468 g/mol. The van der Waals surface area contributed by atoms with Crippen LogP contribution in [0.1, 0.15) is 25.7 Å². The smallest absolute Gasteiger partial charge is 0.243 e. The molecular formula is C19H25ClN6O4S. The van der Waals surface area contributed by atoms with E-state index in [2.05, 4.69) is 19.5 Å². The van der Waals surface area contributed by atoms with Crippen LogP contribution in [0.25, 0.3) is 10.8 Å². The molecule has 168 valence electrons. The summed E-state index contributed by atoms with van der Waals surface area (Å²) in [6.07, 6.45) is 5.33. The van der Waals surface area contributed by atoms with E-state index in [9.17, 15) is 13.2 Å². The van der Waals surface area contributed by atoms with Crippen molar-refractivity contribution < 1.29 is 18.3 Å². The number of nitrogens with one attached hydrogen (secondary N) is 2. The summed E-state index contributed by atoms with van der Waals surface area (Å²) in [5.74, 6) is -0.365. The number of hydrogen-bond donors (Lipinski definition) is 4. The zero-order valence-corrected chi connectivity index (χ0v) is 18.6. The third-order valence-corrected chi connectivity index (χ3v) is 7.09. The number of pyridine rings is 1. The molecule has 0 saturated heterocycles. The first-order valence-electron chi connectivity index (χ1n) is 9.72. The van der Waals surface area contributed by atoms with Gasteiger partial charge in [0.2, 0.25) is 21.9 Å². The molecule has 2 aromatic rings. The second kappa shape index (κ2) is 9.35. The van der Waals surface area contributed by atoms with Crippen molar-refractivity contribution in [2.75, 3.05) is 25.5 Å². The number of hydrogen-bond acceptors (Lipinski definition) is 6. The summed E-state index contributed by atoms with van der Waals surface area (Å²) in [4.78, 5) is 18.5. The lowest BCUT2D eigenvalue weighted by Crippen LogP contribution is -2.57. The van der Waals surface area contributed by atoms with Gasteiger partial charge in [0, 0.05) is 42.3 Å². The zero-order chi connectivity index (χ0) is 22.6. The average Bonchev–Trinajstić information content (AvgIpc) is 3.22. The van der Waals surface area contributed by atoms with Crippen molar-refractivity contribution in [2.24, 2.45) is 10.2 Å². The van der Waals surface area contributed by atoms with Gasteiger partial charge >= 0.3 is 0 Å². The van der Waals surface area contributed by atoms with Crippen LogP contribution in [0.3, 0.4) is 0 Å². The van der Waals surface area contributed by atoms with Gasteiger partial charge < -0.3 is 21.1 Å². The molecule has 0 bridgehead atoms. The van der Waals surface area contributed by atoms with Gasteiger partial charge in [0.25, 0.3) is 0 Å². The quantitative estimate of drug-likeness (QED) is 0.351. The van der Waals surface area contributed by atoms with Crippen LogP contribution >= 0.6 is 11.8 Å². The third-order valence-electron chi connectivity index (χ3n) is 5.37. The Kier molecular flexibility index (Phi) is 6.99. The first kappa shape index (κ1) is 23.2. The number of anilines is 1. The Hall–Kier alpha value is -2.47. The highest BCUT2D eigenvalue weighted by atomic mass is 35.5. The van der Waals surface area contributed by atoms with Gasteiger partial charge in [-0.25, -0.2) is 8.42 Å². The van der Waals surface area contributed by atoms with Crippen LogP contribution < -0.4 is 15.8 Å². The van der Waals surface area contributed by atoms with E-state index in [4.69, 9.17) is 22.6 Å². The number of fused-ring (bicyclic) bond motifs is 1. The summed E-state index contributed by atoms with van der Waals surface area (Å²) in [5.41, 5.74) is 4.90. The topological polar surface area (TPSA) is 150 Å². The SMILES string of the molecule is CN(CCO)C(=O)C1(NS(=O)(=O)c2ccc3c(NC(N)=NCl)cncc3c2)CCCC1. The number of aliphatic hydroxyl groups excluding tert-OH is 1. The minimum atomic E-state index is -4.01. The maximum atomic E-state index is 13.2. The lowest BCUT2D eigenvalue weighted by atomic mass is 9.97. The van der Waals surface area contributed by atoms with Gasteiger partial charge in [-0.05, 0) is 25.0 Å². The first-order chi connectivity index (χ1) is 14.7. The first-order valence-corrected chi connectivity index (χ1v) is 11.5. The number of likely N-dealkylation sites (N-methyl/N-ethyl adjacent to an activating group) is 1. The molecule has 0 aliphatic heterocycles. The number of nitrogens with zero attached hydrogens (tertiary/aromatic N) is 3. The third kappa shape index (κ3) is 4.90. The summed E-state index contributed by atoms with van der Waals surface area (Å²) < 4.78 is 32.4. The highest BCUT2D eigenvalue weighted by Crippen LogP contribution is 2.33. The van der Waals surface area contributed by atoms with Crippen molar-refractivity contribution in [1.29, 1.82) is 0 Å². The Labute approximate surface area is 185 Å². The number of carbonyl (C=O) groups excluding carboxylic acids is 1. The lowest BCUT2D eigenvalue weighted by Gasteiger charge is -2.32. The van der Waals surface area contributed by atoms with E-state index in [1.54, 1.807) is 13.1 Å². The number of carbonyl (C=O) groups is 1. The number of halogens is 1. The standard InChI is InChI=1S/C19H25ClN6O4S/c1-26(8-9-27)17(28)19(6-2-3-7-19)25-31(29,30)14-4-5-15-13(10-14)11-22-12-16(15)23-18(21)24-20/h4-5,10-12,25,27H,2-3,6-9H2,1H3,(H3,21,23,24). The van der Waals surface area contributed by atoms with E-state index in [1.165, 1.54) is 29.4 Å². The molecule has 10 nitrogen and oxygen atoms in total. The van der Waals surface area contributed by atoms with Crippen molar-refractivity contribution in [3.8, 4) is 0 Å². The second-order valence-electron chi connectivity index (χ2n) is 7.51. The molecule has 0 spiro atoms. The maximum Gasteiger partial charge on any atom is 0.243 e. The molecule has 12 heteroatoms. The predicted molar refractivity (Wildman–Crippen MR) is 119 cm³/mol. The Morgan fingerprint density at radius 2 is 2.06 bits per heavy atom. The van der Waals surface area contributed by atoms with Crippen molar-refractivity contribution in [3.05, 3.63) is 30.6 Å². The van der Waals surface area contributed by atoms with Gasteiger partial charge in [0.15, 0.2) is 0 Å². The molecule has 1 fully saturated rings. The van der Waals surface area contributed by atoms with E-state index < -0.39 is 15.6 Å². The fraction of sp³-hybridized carbons (Fsp3) is 0.421. The lowest BCUT2D eigenvalue weighted by molar-refractivity contribution is -0.136. The van der Waals surface area contributed by atoms with E-state index in [1.807, 2.05) is 0 Å². The molecule has 5 N–H and O–H groups in total. The highest BCUT2D eigenvalue weighted by Gasteiger charge is 2.45. The van der Waals surface area contributed by atoms with E-state index in [0.717, 1.165) is 12.8 Å². The molecule has 1 aliphatic rings. The molecule has 1 amide bonds. The van der Waals surface area contributed by atoms with E-state index >= 15 is 0 Å². The summed E-state index contributed by atoms with van der Waals surface area (Å²) in [6.45, 7) is -0.0630. The normalized spacial score (nSPS) is 16.4. The van der Waals surface area contributed by atoms with Gasteiger partial charge in [-0.3, -0.25) is 9.78 Å². The molecule has 0 radical (unpaired) electrons. The van der Waals surface area contributed by atoms with Crippen LogP contribution in [0.4, 0.5) is 5.69 Å². The molecule has 0 unspecified atom stereocenters. The minimum absolute atomic E-state index is 0.0156. The molecular weight excluding hydrogens is 444 g/mol. The number of aliphatic hydroxyl groups is 1. The maximum absolute atomic E-state index is 13.2. The highest BCUT2D eigenvalue weighted by molar-refractivity contribution is 7.89. The van der Waals surface area contributed by atoms with Gasteiger partial charge in [-0.1, -0.05) is 18.9 Å². The van der Waals surface area contributed by atoms with Crippen molar-refractivity contribution in [1.82, 2.24) is 14.6 Å². The summed E-state index contributed by atoms with van der Waals surface area (Å²) in [7, 11) is -2.45. The zero-order valence-electron chi connectivity index (χ0n) is 17.0. The molecule has 1 aromatic carbocycles. The number of guanidine groups is 1. The Morgan fingerprint density at radius 3 is 2.71 bits per heavy atom. The summed E-state index contributed by atoms with van der Waals surface area (Å²) in [6, 6.07) is 4.55. The van der Waals surface area contributed by atoms with Crippen molar-refractivity contribution in [2.45, 2.75) is 36.1 Å².